The van der Waals surface area contributed by atoms with E-state index in [1.54, 1.807) is 0 Å². The molecule has 2 rings (SSSR count). The number of halogens is 2. The van der Waals surface area contributed by atoms with Crippen LogP contribution in [0.5, 0.6) is 0 Å². The molecule has 0 amide bonds. The molecule has 0 radical (unpaired) electrons. The minimum absolute atomic E-state index is 0. The van der Waals surface area contributed by atoms with Gasteiger partial charge in [-0.25, -0.2) is 8.42 Å². The number of hydrogen-bond donors (Lipinski definition) is 2. The Morgan fingerprint density at radius 1 is 1.48 bits per heavy atom. The summed E-state index contributed by atoms with van der Waals surface area (Å²) in [6.45, 7) is 0.460. The van der Waals surface area contributed by atoms with Crippen LogP contribution in [0.2, 0.25) is 5.02 Å². The maximum Gasteiger partial charge on any atom is 0.290 e. The molecule has 0 saturated carbocycles. The molecule has 1 heterocycles. The van der Waals surface area contributed by atoms with E-state index < -0.39 is 31.8 Å². The first-order chi connectivity index (χ1) is 9.34. The van der Waals surface area contributed by atoms with E-state index in [0.29, 0.717) is 6.54 Å². The Morgan fingerprint density at radius 2 is 2.14 bits per heavy atom. The van der Waals surface area contributed by atoms with Crippen LogP contribution in [-0.2, 0) is 10.0 Å². The van der Waals surface area contributed by atoms with E-state index >= 15 is 0 Å². The molecule has 21 heavy (non-hydrogen) atoms. The van der Waals surface area contributed by atoms with Gasteiger partial charge in [0.15, 0.2) is 4.90 Å². The molecule has 1 atom stereocenters. The zero-order chi connectivity index (χ0) is 14.9. The maximum absolute atomic E-state index is 12.4. The Labute approximate surface area is 132 Å². The Hall–Kier alpha value is -0.970. The first-order valence-corrected chi connectivity index (χ1v) is 7.50. The van der Waals surface area contributed by atoms with E-state index in [-0.39, 0.29) is 30.5 Å². The molecule has 0 spiro atoms. The van der Waals surface area contributed by atoms with Gasteiger partial charge in [0.05, 0.1) is 4.92 Å². The second kappa shape index (κ2) is 6.86. The van der Waals surface area contributed by atoms with Crippen molar-refractivity contribution >= 4 is 39.7 Å². The highest BCUT2D eigenvalue weighted by atomic mass is 35.5. The number of nitro benzene ring substituents is 1. The van der Waals surface area contributed by atoms with Crippen LogP contribution < -0.4 is 5.32 Å². The fraction of sp³-hybridized carbons (Fsp3) is 0.400. The molecule has 0 aliphatic carbocycles. The van der Waals surface area contributed by atoms with Crippen LogP contribution in [-0.4, -0.2) is 48.6 Å². The quantitative estimate of drug-likeness (QED) is 0.604. The molecule has 1 aromatic rings. The summed E-state index contributed by atoms with van der Waals surface area (Å²) in [6.07, 6.45) is -1.26. The minimum Gasteiger partial charge on any atom is -0.376 e. The predicted molar refractivity (Wildman–Crippen MR) is 78.1 cm³/mol. The van der Waals surface area contributed by atoms with E-state index in [9.17, 15) is 23.6 Å². The number of nitrogens with zero attached hydrogens (tertiary/aromatic N) is 2. The van der Waals surface area contributed by atoms with E-state index in [1.807, 2.05) is 0 Å². The highest BCUT2D eigenvalue weighted by molar-refractivity contribution is 7.89. The summed E-state index contributed by atoms with van der Waals surface area (Å²) in [6, 6.07) is 3.31. The van der Waals surface area contributed by atoms with Gasteiger partial charge in [0.2, 0.25) is 0 Å². The molecule has 0 aromatic heterocycles. The van der Waals surface area contributed by atoms with E-state index in [0.717, 1.165) is 16.4 Å². The summed E-state index contributed by atoms with van der Waals surface area (Å²) >= 11 is 5.65. The average molecular weight is 358 g/mol. The zero-order valence-electron chi connectivity index (χ0n) is 10.6. The number of nitro groups is 1. The summed E-state index contributed by atoms with van der Waals surface area (Å²) in [4.78, 5) is 9.68. The van der Waals surface area contributed by atoms with Gasteiger partial charge in [0.25, 0.3) is 15.7 Å². The Balaban J connectivity index is 0.00000220. The topological polar surface area (TPSA) is 113 Å². The standard InChI is InChI=1S/C10H12ClN3O5S.ClH/c11-7-1-2-9(8(5-7)14(16)17)20(18,19)13-4-3-12-6-10(13)15;/h1-2,5,10,12,15H,3-4,6H2;1H. The molecule has 1 fully saturated rings. The highest BCUT2D eigenvalue weighted by Crippen LogP contribution is 2.30. The maximum atomic E-state index is 12.4. The molecule has 11 heteroatoms. The van der Waals surface area contributed by atoms with Gasteiger partial charge in [-0.05, 0) is 12.1 Å². The van der Waals surface area contributed by atoms with E-state index in [1.165, 1.54) is 6.07 Å². The zero-order valence-corrected chi connectivity index (χ0v) is 13.0. The molecule has 1 unspecified atom stereocenters. The van der Waals surface area contributed by atoms with Crippen molar-refractivity contribution in [1.29, 1.82) is 0 Å². The summed E-state index contributed by atoms with van der Waals surface area (Å²) in [5.74, 6) is 0. The summed E-state index contributed by atoms with van der Waals surface area (Å²) in [5.41, 5.74) is -0.608. The minimum atomic E-state index is -4.16. The molecule has 1 aliphatic heterocycles. The first-order valence-electron chi connectivity index (χ1n) is 5.68. The molecule has 2 N–H and O–H groups in total. The normalized spacial score (nSPS) is 19.8. The largest absolute Gasteiger partial charge is 0.376 e. The van der Waals surface area contributed by atoms with Crippen molar-refractivity contribution in [3.63, 3.8) is 0 Å². The molecule has 8 nitrogen and oxygen atoms in total. The van der Waals surface area contributed by atoms with Crippen LogP contribution in [0.25, 0.3) is 0 Å². The van der Waals surface area contributed by atoms with Crippen molar-refractivity contribution in [3.8, 4) is 0 Å². The van der Waals surface area contributed by atoms with Gasteiger partial charge in [-0.15, -0.1) is 12.4 Å². The second-order valence-corrected chi connectivity index (χ2v) is 6.47. The van der Waals surface area contributed by atoms with Gasteiger partial charge >= 0.3 is 0 Å². The summed E-state index contributed by atoms with van der Waals surface area (Å²) in [5, 5.41) is 23.6. The molecule has 1 saturated heterocycles. The SMILES string of the molecule is Cl.O=[N+]([O-])c1cc(Cl)ccc1S(=O)(=O)N1CCNCC1O. The third-order valence-electron chi connectivity index (χ3n) is 2.87. The Bertz CT molecular complexity index is 640. The third kappa shape index (κ3) is 3.62. The number of nitrogens with one attached hydrogen (secondary N) is 1. The van der Waals surface area contributed by atoms with Crippen LogP contribution in [0.4, 0.5) is 5.69 Å². The van der Waals surface area contributed by atoms with Crippen molar-refractivity contribution in [1.82, 2.24) is 9.62 Å². The third-order valence-corrected chi connectivity index (χ3v) is 5.05. The van der Waals surface area contributed by atoms with Crippen LogP contribution in [0, 0.1) is 10.1 Å². The van der Waals surface area contributed by atoms with Gasteiger partial charge in [-0.2, -0.15) is 4.31 Å². The van der Waals surface area contributed by atoms with Crippen LogP contribution in [0.15, 0.2) is 23.1 Å². The lowest BCUT2D eigenvalue weighted by molar-refractivity contribution is -0.387. The Morgan fingerprint density at radius 3 is 2.71 bits per heavy atom. The predicted octanol–water partition coefficient (Wildman–Crippen LogP) is 0.582. The fourth-order valence-electron chi connectivity index (χ4n) is 1.93. The van der Waals surface area contributed by atoms with Gasteiger partial charge < -0.3 is 10.4 Å². The second-order valence-electron chi connectivity index (χ2n) is 4.17. The van der Waals surface area contributed by atoms with Crippen molar-refractivity contribution in [3.05, 3.63) is 33.3 Å². The molecular weight excluding hydrogens is 345 g/mol. The number of benzene rings is 1. The summed E-state index contributed by atoms with van der Waals surface area (Å²) < 4.78 is 25.7. The van der Waals surface area contributed by atoms with Crippen molar-refractivity contribution in [2.45, 2.75) is 11.1 Å². The van der Waals surface area contributed by atoms with Gasteiger partial charge in [-0.1, -0.05) is 11.6 Å². The number of β-amino-alcohol motifs (C(OH)–C–C–N with tert-alkyl or cyclic N) is 1. The van der Waals surface area contributed by atoms with Gasteiger partial charge in [0, 0.05) is 30.7 Å². The van der Waals surface area contributed by atoms with Crippen molar-refractivity contribution in [2.24, 2.45) is 0 Å². The molecule has 1 aliphatic rings. The van der Waals surface area contributed by atoms with Gasteiger partial charge in [0.1, 0.15) is 6.23 Å². The monoisotopic (exact) mass is 357 g/mol. The highest BCUT2D eigenvalue weighted by Gasteiger charge is 2.36. The average Bonchev–Trinajstić information content (AvgIpc) is 2.38. The van der Waals surface area contributed by atoms with Crippen LogP contribution in [0.3, 0.4) is 0 Å². The summed E-state index contributed by atoms with van der Waals surface area (Å²) in [7, 11) is -4.16. The molecule has 118 valence electrons. The lowest BCUT2D eigenvalue weighted by atomic mass is 10.3. The van der Waals surface area contributed by atoms with E-state index in [2.05, 4.69) is 5.32 Å². The lowest BCUT2D eigenvalue weighted by Gasteiger charge is -2.31. The first kappa shape index (κ1) is 18.1. The lowest BCUT2D eigenvalue weighted by Crippen LogP contribution is -2.53. The number of rotatable bonds is 3. The van der Waals surface area contributed by atoms with Crippen LogP contribution in [0.1, 0.15) is 0 Å². The van der Waals surface area contributed by atoms with Crippen LogP contribution >= 0.6 is 24.0 Å². The molecular formula is C10H13Cl2N3O5S. The number of sulfonamides is 1. The van der Waals surface area contributed by atoms with Crippen molar-refractivity contribution < 1.29 is 18.4 Å². The van der Waals surface area contributed by atoms with Gasteiger partial charge in [-0.3, -0.25) is 10.1 Å². The number of aliphatic hydroxyl groups is 1. The molecule has 0 bridgehead atoms. The number of aliphatic hydroxyl groups excluding tert-OH is 1. The smallest absolute Gasteiger partial charge is 0.290 e. The fourth-order valence-corrected chi connectivity index (χ4v) is 3.71. The number of hydrogen-bond acceptors (Lipinski definition) is 6. The Kier molecular flexibility index (Phi) is 5.91. The van der Waals surface area contributed by atoms with Crippen molar-refractivity contribution in [2.75, 3.05) is 19.6 Å². The number of piperazine rings is 1. The van der Waals surface area contributed by atoms with E-state index in [4.69, 9.17) is 11.6 Å². The molecule has 1 aromatic carbocycles.